The van der Waals surface area contributed by atoms with Gasteiger partial charge in [-0.2, -0.15) is 5.26 Å². The maximum absolute atomic E-state index is 12.5. The Morgan fingerprint density at radius 2 is 1.92 bits per heavy atom. The molecule has 1 unspecified atom stereocenters. The van der Waals surface area contributed by atoms with Crippen molar-refractivity contribution in [2.45, 2.75) is 50.6 Å². The highest BCUT2D eigenvalue weighted by molar-refractivity contribution is 5.85. The fourth-order valence-electron chi connectivity index (χ4n) is 3.21. The molecule has 3 rings (SSSR count). The maximum Gasteiger partial charge on any atom is 0.243 e. The number of nitriles is 1. The number of nitrogens with one attached hydrogen (secondary N) is 2. The molecule has 6 nitrogen and oxygen atoms in total. The van der Waals surface area contributed by atoms with Gasteiger partial charge in [0, 0.05) is 11.8 Å². The molecule has 1 fully saturated rings. The number of ether oxygens (including phenoxy) is 2. The Kier molecular flexibility index (Phi) is 4.79. The fourth-order valence-corrected chi connectivity index (χ4v) is 3.21. The molecule has 6 heteroatoms. The monoisotopic (exact) mass is 329 g/mol. The van der Waals surface area contributed by atoms with E-state index < -0.39 is 11.6 Å². The molecule has 1 heterocycles. The molecule has 2 aliphatic rings. The molecule has 1 saturated carbocycles. The second kappa shape index (κ2) is 7.00. The lowest BCUT2D eigenvalue weighted by molar-refractivity contribution is -0.123. The average Bonchev–Trinajstić information content (AvgIpc) is 2.62. The van der Waals surface area contributed by atoms with Crippen molar-refractivity contribution in [1.82, 2.24) is 5.32 Å². The van der Waals surface area contributed by atoms with E-state index in [0.29, 0.717) is 19.0 Å². The zero-order valence-electron chi connectivity index (χ0n) is 13.9. The molecule has 1 aliphatic heterocycles. The zero-order valence-corrected chi connectivity index (χ0v) is 13.9. The summed E-state index contributed by atoms with van der Waals surface area (Å²) in [6.07, 6.45) is 4.55. The van der Waals surface area contributed by atoms with Crippen molar-refractivity contribution in [3.63, 3.8) is 0 Å². The molecule has 1 aliphatic carbocycles. The number of amides is 1. The molecule has 1 aromatic carbocycles. The van der Waals surface area contributed by atoms with E-state index in [4.69, 9.17) is 9.47 Å². The van der Waals surface area contributed by atoms with Crippen molar-refractivity contribution < 1.29 is 14.3 Å². The van der Waals surface area contributed by atoms with E-state index in [1.807, 2.05) is 18.2 Å². The van der Waals surface area contributed by atoms with Crippen LogP contribution in [0.1, 0.15) is 39.0 Å². The summed E-state index contributed by atoms with van der Waals surface area (Å²) in [5, 5.41) is 15.6. The van der Waals surface area contributed by atoms with Gasteiger partial charge in [0.25, 0.3) is 0 Å². The molecule has 0 spiro atoms. The Labute approximate surface area is 142 Å². The number of hydrogen-bond donors (Lipinski definition) is 2. The zero-order chi connectivity index (χ0) is 17.0. The van der Waals surface area contributed by atoms with Gasteiger partial charge in [-0.3, -0.25) is 4.79 Å². The lowest BCUT2D eigenvalue weighted by atomic mass is 9.82. The van der Waals surface area contributed by atoms with Gasteiger partial charge < -0.3 is 20.1 Å². The summed E-state index contributed by atoms with van der Waals surface area (Å²) in [4.78, 5) is 12.5. The molecule has 0 saturated heterocycles. The van der Waals surface area contributed by atoms with Crippen LogP contribution in [-0.4, -0.2) is 30.7 Å². The minimum Gasteiger partial charge on any atom is -0.486 e. The highest BCUT2D eigenvalue weighted by Gasteiger charge is 2.34. The quantitative estimate of drug-likeness (QED) is 0.887. The van der Waals surface area contributed by atoms with E-state index >= 15 is 0 Å². The molecule has 1 amide bonds. The van der Waals surface area contributed by atoms with Crippen molar-refractivity contribution >= 4 is 11.6 Å². The number of nitrogens with zero attached hydrogens (tertiary/aromatic N) is 1. The van der Waals surface area contributed by atoms with Gasteiger partial charge in [-0.15, -0.1) is 0 Å². The van der Waals surface area contributed by atoms with E-state index in [9.17, 15) is 10.1 Å². The van der Waals surface area contributed by atoms with Crippen molar-refractivity contribution in [3.8, 4) is 17.6 Å². The third-order valence-corrected chi connectivity index (χ3v) is 4.60. The molecule has 128 valence electrons. The number of hydrogen-bond acceptors (Lipinski definition) is 5. The van der Waals surface area contributed by atoms with Crippen LogP contribution in [-0.2, 0) is 4.79 Å². The van der Waals surface area contributed by atoms with Crippen molar-refractivity contribution in [1.29, 1.82) is 5.26 Å². The normalized spacial score (nSPS) is 19.7. The lowest BCUT2D eigenvalue weighted by Gasteiger charge is -2.32. The highest BCUT2D eigenvalue weighted by Crippen LogP contribution is 2.33. The summed E-state index contributed by atoms with van der Waals surface area (Å²) in [7, 11) is 0. The minimum atomic E-state index is -0.710. The number of carbonyl (C=O) groups is 1. The lowest BCUT2D eigenvalue weighted by Crippen LogP contribution is -2.52. The first kappa shape index (κ1) is 16.4. The average molecular weight is 329 g/mol. The third-order valence-electron chi connectivity index (χ3n) is 4.60. The fraction of sp³-hybridized carbons (Fsp3) is 0.556. The van der Waals surface area contributed by atoms with E-state index in [1.54, 1.807) is 6.92 Å². The molecule has 0 aromatic heterocycles. The molecular formula is C18H23N3O3. The molecule has 0 radical (unpaired) electrons. The number of rotatable bonds is 4. The van der Waals surface area contributed by atoms with Gasteiger partial charge in [-0.05, 0) is 31.9 Å². The van der Waals surface area contributed by atoms with Gasteiger partial charge in [-0.1, -0.05) is 19.3 Å². The van der Waals surface area contributed by atoms with Crippen molar-refractivity contribution in [3.05, 3.63) is 18.2 Å². The second-order valence-corrected chi connectivity index (χ2v) is 6.47. The van der Waals surface area contributed by atoms with Crippen LogP contribution in [0.25, 0.3) is 0 Å². The van der Waals surface area contributed by atoms with Crippen LogP contribution in [0.4, 0.5) is 5.69 Å². The van der Waals surface area contributed by atoms with Crippen LogP contribution in [0.2, 0.25) is 0 Å². The maximum atomic E-state index is 12.5. The van der Waals surface area contributed by atoms with Gasteiger partial charge >= 0.3 is 0 Å². The summed E-state index contributed by atoms with van der Waals surface area (Å²) in [5.41, 5.74) is 0.0782. The third kappa shape index (κ3) is 3.56. The van der Waals surface area contributed by atoms with Gasteiger partial charge in [-0.25, -0.2) is 0 Å². The summed E-state index contributed by atoms with van der Waals surface area (Å²) in [5.74, 6) is 1.24. The minimum absolute atomic E-state index is 0.159. The smallest absolute Gasteiger partial charge is 0.243 e. The number of fused-ring (bicyclic) bond motifs is 1. The molecular weight excluding hydrogens is 306 g/mol. The molecule has 1 atom stereocenters. The summed E-state index contributed by atoms with van der Waals surface area (Å²) < 4.78 is 11.0. The van der Waals surface area contributed by atoms with Crippen LogP contribution in [0.3, 0.4) is 0 Å². The number of carbonyl (C=O) groups excluding carboxylic acids is 1. The Bertz CT molecular complexity index is 647. The van der Waals surface area contributed by atoms with Crippen LogP contribution >= 0.6 is 0 Å². The Hall–Kier alpha value is -2.42. The van der Waals surface area contributed by atoms with Gasteiger partial charge in [0.1, 0.15) is 24.8 Å². The van der Waals surface area contributed by atoms with Crippen LogP contribution < -0.4 is 20.1 Å². The van der Waals surface area contributed by atoms with Gasteiger partial charge in [0.15, 0.2) is 11.5 Å². The Balaban J connectivity index is 1.63. The standard InChI is InChI=1S/C18H23N3O3/c1-13(17(22)21-18(12-19)7-3-2-4-8-18)20-14-5-6-15-16(11-14)24-10-9-23-15/h5-6,11,13,20H,2-4,7-10H2,1H3,(H,21,22). The van der Waals surface area contributed by atoms with E-state index in [1.165, 1.54) is 0 Å². The predicted molar refractivity (Wildman–Crippen MR) is 90.1 cm³/mol. The first-order chi connectivity index (χ1) is 11.6. The van der Waals surface area contributed by atoms with Crippen LogP contribution in [0, 0.1) is 11.3 Å². The van der Waals surface area contributed by atoms with Gasteiger partial charge in [0.2, 0.25) is 5.91 Å². The Morgan fingerprint density at radius 1 is 1.21 bits per heavy atom. The van der Waals surface area contributed by atoms with Crippen molar-refractivity contribution in [2.24, 2.45) is 0 Å². The van der Waals surface area contributed by atoms with Crippen LogP contribution in [0.5, 0.6) is 11.5 Å². The van der Waals surface area contributed by atoms with E-state index in [-0.39, 0.29) is 5.91 Å². The largest absolute Gasteiger partial charge is 0.486 e. The molecule has 24 heavy (non-hydrogen) atoms. The molecule has 2 N–H and O–H groups in total. The van der Waals surface area contributed by atoms with Crippen LogP contribution in [0.15, 0.2) is 18.2 Å². The summed E-state index contributed by atoms with van der Waals surface area (Å²) >= 11 is 0. The highest BCUT2D eigenvalue weighted by atomic mass is 16.6. The summed E-state index contributed by atoms with van der Waals surface area (Å²) in [6.45, 7) is 2.87. The SMILES string of the molecule is CC(Nc1ccc2c(c1)OCCO2)C(=O)NC1(C#N)CCCCC1. The second-order valence-electron chi connectivity index (χ2n) is 6.47. The predicted octanol–water partition coefficient (Wildman–Crippen LogP) is 2.60. The number of benzene rings is 1. The molecule has 0 bridgehead atoms. The summed E-state index contributed by atoms with van der Waals surface area (Å²) in [6, 6.07) is 7.39. The van der Waals surface area contributed by atoms with E-state index in [2.05, 4.69) is 16.7 Å². The van der Waals surface area contributed by atoms with E-state index in [0.717, 1.165) is 43.5 Å². The molecule has 1 aromatic rings. The topological polar surface area (TPSA) is 83.4 Å². The number of anilines is 1. The van der Waals surface area contributed by atoms with Gasteiger partial charge in [0.05, 0.1) is 6.07 Å². The van der Waals surface area contributed by atoms with Crippen molar-refractivity contribution in [2.75, 3.05) is 18.5 Å². The Morgan fingerprint density at radius 3 is 2.62 bits per heavy atom. The first-order valence-electron chi connectivity index (χ1n) is 8.51. The first-order valence-corrected chi connectivity index (χ1v) is 8.51.